The highest BCUT2D eigenvalue weighted by atomic mass is 35.5. The first-order chi connectivity index (χ1) is 12.5. The quantitative estimate of drug-likeness (QED) is 0.859. The Balaban J connectivity index is 1.60. The highest BCUT2D eigenvalue weighted by molar-refractivity contribution is 6.30. The Morgan fingerprint density at radius 2 is 1.81 bits per heavy atom. The molecule has 1 heterocycles. The van der Waals surface area contributed by atoms with Crippen LogP contribution in [-0.4, -0.2) is 43.2 Å². The molecular formula is C20H24ClN3O2. The molecule has 1 aliphatic rings. The third-order valence-corrected chi connectivity index (χ3v) is 4.45. The van der Waals surface area contributed by atoms with Crippen LogP contribution in [0.2, 0.25) is 5.02 Å². The van der Waals surface area contributed by atoms with Gasteiger partial charge in [0.25, 0.3) is 0 Å². The number of benzene rings is 2. The molecule has 2 amide bonds. The van der Waals surface area contributed by atoms with E-state index in [1.165, 1.54) is 0 Å². The maximum absolute atomic E-state index is 12.5. The molecule has 26 heavy (non-hydrogen) atoms. The Bertz CT molecular complexity index is 758. The smallest absolute Gasteiger partial charge is 0.321 e. The Morgan fingerprint density at radius 1 is 1.08 bits per heavy atom. The molecule has 1 saturated heterocycles. The molecule has 0 unspecified atom stereocenters. The molecular weight excluding hydrogens is 350 g/mol. The average Bonchev–Trinajstić information content (AvgIpc) is 2.62. The fourth-order valence-corrected chi connectivity index (χ4v) is 3.18. The molecule has 0 atom stereocenters. The van der Waals surface area contributed by atoms with E-state index in [1.54, 1.807) is 12.1 Å². The minimum Gasteiger partial charge on any atom is -0.489 e. The van der Waals surface area contributed by atoms with Gasteiger partial charge in [0.2, 0.25) is 0 Å². The van der Waals surface area contributed by atoms with Gasteiger partial charge < -0.3 is 19.9 Å². The molecule has 0 aliphatic carbocycles. The summed E-state index contributed by atoms with van der Waals surface area (Å²) in [7, 11) is 0. The zero-order chi connectivity index (χ0) is 18.5. The van der Waals surface area contributed by atoms with Crippen LogP contribution in [0.15, 0.2) is 48.5 Å². The number of carbonyl (C=O) groups is 1. The maximum Gasteiger partial charge on any atom is 0.321 e. The van der Waals surface area contributed by atoms with E-state index >= 15 is 0 Å². The highest BCUT2D eigenvalue weighted by Gasteiger charge is 2.23. The van der Waals surface area contributed by atoms with Crippen molar-refractivity contribution in [3.63, 3.8) is 0 Å². The lowest BCUT2D eigenvalue weighted by atomic mass is 10.2. The van der Waals surface area contributed by atoms with Crippen molar-refractivity contribution >= 4 is 29.0 Å². The maximum atomic E-state index is 12.5. The predicted octanol–water partition coefficient (Wildman–Crippen LogP) is 4.48. The van der Waals surface area contributed by atoms with Crippen molar-refractivity contribution in [1.82, 2.24) is 4.90 Å². The number of ether oxygens (including phenoxy) is 1. The minimum atomic E-state index is -0.0985. The summed E-state index contributed by atoms with van der Waals surface area (Å²) in [5.74, 6) is 0.888. The molecule has 138 valence electrons. The molecule has 0 aromatic heterocycles. The molecule has 0 saturated carbocycles. The monoisotopic (exact) mass is 373 g/mol. The largest absolute Gasteiger partial charge is 0.489 e. The second-order valence-corrected chi connectivity index (χ2v) is 6.99. The van der Waals surface area contributed by atoms with Gasteiger partial charge in [-0.05, 0) is 44.2 Å². The van der Waals surface area contributed by atoms with E-state index in [0.717, 1.165) is 24.5 Å². The normalized spacial score (nSPS) is 14.5. The summed E-state index contributed by atoms with van der Waals surface area (Å²) in [5.41, 5.74) is 1.79. The van der Waals surface area contributed by atoms with E-state index < -0.39 is 0 Å². The van der Waals surface area contributed by atoms with Crippen molar-refractivity contribution < 1.29 is 9.53 Å². The summed E-state index contributed by atoms with van der Waals surface area (Å²) < 4.78 is 5.92. The molecule has 6 heteroatoms. The molecule has 5 nitrogen and oxygen atoms in total. The first-order valence-corrected chi connectivity index (χ1v) is 9.23. The number of carbonyl (C=O) groups excluding carboxylic acids is 1. The summed E-state index contributed by atoms with van der Waals surface area (Å²) in [6.07, 6.45) is 0.126. The van der Waals surface area contributed by atoms with Crippen molar-refractivity contribution in [3.8, 4) is 5.75 Å². The minimum absolute atomic E-state index is 0.0985. The molecule has 0 radical (unpaired) electrons. The number of nitrogens with one attached hydrogen (secondary N) is 1. The van der Waals surface area contributed by atoms with E-state index in [0.29, 0.717) is 23.8 Å². The number of para-hydroxylation sites is 2. The van der Waals surface area contributed by atoms with Gasteiger partial charge in [-0.25, -0.2) is 4.79 Å². The van der Waals surface area contributed by atoms with Crippen molar-refractivity contribution in [2.24, 2.45) is 0 Å². The number of amides is 2. The van der Waals surface area contributed by atoms with Gasteiger partial charge in [-0.1, -0.05) is 29.8 Å². The number of urea groups is 1. The number of halogens is 1. The van der Waals surface area contributed by atoms with Gasteiger partial charge in [0.15, 0.2) is 0 Å². The van der Waals surface area contributed by atoms with Gasteiger partial charge in [-0.2, -0.15) is 0 Å². The lowest BCUT2D eigenvalue weighted by Gasteiger charge is -2.36. The Morgan fingerprint density at radius 3 is 2.50 bits per heavy atom. The number of piperazine rings is 1. The van der Waals surface area contributed by atoms with Crippen molar-refractivity contribution in [2.45, 2.75) is 20.0 Å². The van der Waals surface area contributed by atoms with Crippen LogP contribution in [-0.2, 0) is 0 Å². The van der Waals surface area contributed by atoms with Crippen molar-refractivity contribution in [3.05, 3.63) is 53.6 Å². The topological polar surface area (TPSA) is 44.8 Å². The van der Waals surface area contributed by atoms with Crippen LogP contribution in [0.25, 0.3) is 0 Å². The predicted molar refractivity (Wildman–Crippen MR) is 106 cm³/mol. The molecule has 1 N–H and O–H groups in total. The molecule has 1 fully saturated rings. The molecule has 2 aromatic rings. The third kappa shape index (κ3) is 4.61. The van der Waals surface area contributed by atoms with E-state index in [1.807, 2.05) is 49.1 Å². The SMILES string of the molecule is CC(C)Oc1ccccc1N1CCN(C(=O)Nc2cccc(Cl)c2)CC1. The van der Waals surface area contributed by atoms with Crippen LogP contribution in [0, 0.1) is 0 Å². The van der Waals surface area contributed by atoms with Crippen LogP contribution in [0.1, 0.15) is 13.8 Å². The van der Waals surface area contributed by atoms with E-state index in [9.17, 15) is 4.79 Å². The third-order valence-electron chi connectivity index (χ3n) is 4.21. The molecule has 0 spiro atoms. The zero-order valence-corrected chi connectivity index (χ0v) is 15.9. The highest BCUT2D eigenvalue weighted by Crippen LogP contribution is 2.29. The first-order valence-electron chi connectivity index (χ1n) is 8.85. The van der Waals surface area contributed by atoms with Crippen LogP contribution >= 0.6 is 11.6 Å². The summed E-state index contributed by atoms with van der Waals surface area (Å²) in [6, 6.07) is 15.1. The Labute approximate surface area is 159 Å². The van der Waals surface area contributed by atoms with Gasteiger partial charge in [-0.15, -0.1) is 0 Å². The standard InChI is InChI=1S/C20H24ClN3O2/c1-15(2)26-19-9-4-3-8-18(19)23-10-12-24(13-11-23)20(25)22-17-7-5-6-16(21)14-17/h3-9,14-15H,10-13H2,1-2H3,(H,22,25). The fraction of sp³-hybridized carbons (Fsp3) is 0.350. The second-order valence-electron chi connectivity index (χ2n) is 6.55. The van der Waals surface area contributed by atoms with Crippen LogP contribution in [0.5, 0.6) is 5.75 Å². The van der Waals surface area contributed by atoms with Gasteiger partial charge in [0, 0.05) is 36.9 Å². The Kier molecular flexibility index (Phi) is 5.89. The van der Waals surface area contributed by atoms with Gasteiger partial charge in [0.1, 0.15) is 5.75 Å². The van der Waals surface area contributed by atoms with Crippen molar-refractivity contribution in [2.75, 3.05) is 36.4 Å². The van der Waals surface area contributed by atoms with Crippen LogP contribution in [0.4, 0.5) is 16.2 Å². The zero-order valence-electron chi connectivity index (χ0n) is 15.1. The second kappa shape index (κ2) is 8.32. The van der Waals surface area contributed by atoms with Gasteiger partial charge in [-0.3, -0.25) is 0 Å². The van der Waals surface area contributed by atoms with Crippen LogP contribution in [0.3, 0.4) is 0 Å². The lowest BCUT2D eigenvalue weighted by Crippen LogP contribution is -2.50. The average molecular weight is 374 g/mol. The number of hydrogen-bond donors (Lipinski definition) is 1. The van der Waals surface area contributed by atoms with E-state index in [4.69, 9.17) is 16.3 Å². The summed E-state index contributed by atoms with van der Waals surface area (Å²) in [6.45, 7) is 6.89. The number of nitrogens with zero attached hydrogens (tertiary/aromatic N) is 2. The summed E-state index contributed by atoms with van der Waals surface area (Å²) >= 11 is 5.97. The number of anilines is 2. The van der Waals surface area contributed by atoms with Crippen molar-refractivity contribution in [1.29, 1.82) is 0 Å². The molecule has 1 aliphatic heterocycles. The van der Waals surface area contributed by atoms with Gasteiger partial charge >= 0.3 is 6.03 Å². The number of hydrogen-bond acceptors (Lipinski definition) is 3. The fourth-order valence-electron chi connectivity index (χ4n) is 2.99. The lowest BCUT2D eigenvalue weighted by molar-refractivity contribution is 0.207. The Hall–Kier alpha value is -2.40. The first kappa shape index (κ1) is 18.4. The summed E-state index contributed by atoms with van der Waals surface area (Å²) in [5, 5.41) is 3.51. The number of rotatable bonds is 4. The molecule has 2 aromatic carbocycles. The van der Waals surface area contributed by atoms with Crippen LogP contribution < -0.4 is 15.0 Å². The summed E-state index contributed by atoms with van der Waals surface area (Å²) in [4.78, 5) is 16.6. The van der Waals surface area contributed by atoms with E-state index in [2.05, 4.69) is 16.3 Å². The molecule has 0 bridgehead atoms. The van der Waals surface area contributed by atoms with E-state index in [-0.39, 0.29) is 12.1 Å². The van der Waals surface area contributed by atoms with Gasteiger partial charge in [0.05, 0.1) is 11.8 Å². The molecule has 3 rings (SSSR count).